The van der Waals surface area contributed by atoms with Gasteiger partial charge < -0.3 is 4.90 Å². The lowest BCUT2D eigenvalue weighted by atomic mass is 10.3. The van der Waals surface area contributed by atoms with Crippen molar-refractivity contribution in [1.82, 2.24) is 38.8 Å². The summed E-state index contributed by atoms with van der Waals surface area (Å²) in [6.45, 7) is 1.82. The maximum atomic E-state index is 12.7. The molecule has 11 nitrogen and oxygen atoms in total. The van der Waals surface area contributed by atoms with Crippen LogP contribution in [0.2, 0.25) is 0 Å². The third kappa shape index (κ3) is 3.04. The van der Waals surface area contributed by atoms with Gasteiger partial charge in [0, 0.05) is 45.5 Å². The van der Waals surface area contributed by atoms with Crippen molar-refractivity contribution >= 4 is 15.8 Å². The number of nitrogens with zero attached hydrogens (tertiary/aromatic N) is 9. The Labute approximate surface area is 150 Å². The van der Waals surface area contributed by atoms with Crippen LogP contribution in [0.4, 0.5) is 5.82 Å². The molecular weight excluding hydrogens is 358 g/mol. The molecule has 3 aromatic rings. The van der Waals surface area contributed by atoms with Crippen LogP contribution in [-0.2, 0) is 17.1 Å². The van der Waals surface area contributed by atoms with E-state index < -0.39 is 10.0 Å². The van der Waals surface area contributed by atoms with E-state index in [1.165, 1.54) is 34.0 Å². The molecule has 0 N–H and O–H groups in total. The predicted octanol–water partition coefficient (Wildman–Crippen LogP) is -0.698. The Morgan fingerprint density at radius 3 is 2.42 bits per heavy atom. The molecule has 0 radical (unpaired) electrons. The van der Waals surface area contributed by atoms with Crippen LogP contribution >= 0.6 is 0 Å². The van der Waals surface area contributed by atoms with E-state index in [0.29, 0.717) is 32.0 Å². The van der Waals surface area contributed by atoms with E-state index in [1.807, 2.05) is 4.90 Å². The zero-order valence-corrected chi connectivity index (χ0v) is 14.9. The molecule has 0 unspecified atom stereocenters. The van der Waals surface area contributed by atoms with Gasteiger partial charge in [0.05, 0.1) is 6.20 Å². The van der Waals surface area contributed by atoms with Crippen molar-refractivity contribution in [1.29, 1.82) is 0 Å². The van der Waals surface area contributed by atoms with Gasteiger partial charge in [-0.1, -0.05) is 0 Å². The molecule has 12 heteroatoms. The molecule has 0 amide bonds. The summed E-state index contributed by atoms with van der Waals surface area (Å²) in [6, 6.07) is 1.81. The lowest BCUT2D eigenvalue weighted by Crippen LogP contribution is -2.48. The van der Waals surface area contributed by atoms with E-state index in [1.54, 1.807) is 24.1 Å². The molecule has 1 saturated heterocycles. The molecule has 0 aliphatic carbocycles. The fourth-order valence-corrected chi connectivity index (χ4v) is 4.21. The van der Waals surface area contributed by atoms with Crippen molar-refractivity contribution in [3.05, 3.63) is 37.4 Å². The first kappa shape index (κ1) is 16.6. The van der Waals surface area contributed by atoms with E-state index in [9.17, 15) is 8.42 Å². The van der Waals surface area contributed by atoms with Gasteiger partial charge in [0.1, 0.15) is 29.7 Å². The van der Waals surface area contributed by atoms with E-state index in [4.69, 9.17) is 0 Å². The fourth-order valence-electron chi connectivity index (χ4n) is 2.80. The molecule has 0 spiro atoms. The van der Waals surface area contributed by atoms with Gasteiger partial charge in [-0.05, 0) is 0 Å². The first-order chi connectivity index (χ1) is 12.5. The minimum atomic E-state index is -3.52. The van der Waals surface area contributed by atoms with Crippen LogP contribution in [0, 0.1) is 0 Å². The molecule has 0 atom stereocenters. The first-order valence-electron chi connectivity index (χ1n) is 7.95. The number of sulfonamides is 1. The summed E-state index contributed by atoms with van der Waals surface area (Å²) in [5.41, 5.74) is 0. The molecule has 4 heterocycles. The van der Waals surface area contributed by atoms with Crippen LogP contribution in [0.15, 0.2) is 42.3 Å². The van der Waals surface area contributed by atoms with Crippen molar-refractivity contribution in [2.75, 3.05) is 31.1 Å². The van der Waals surface area contributed by atoms with Gasteiger partial charge in [-0.15, -0.1) is 0 Å². The lowest BCUT2D eigenvalue weighted by Gasteiger charge is -2.34. The molecule has 3 aromatic heterocycles. The molecule has 1 aliphatic heterocycles. The largest absolute Gasteiger partial charge is 0.354 e. The smallest absolute Gasteiger partial charge is 0.246 e. The average Bonchev–Trinajstić information content (AvgIpc) is 3.34. The molecule has 136 valence electrons. The van der Waals surface area contributed by atoms with Gasteiger partial charge in [-0.2, -0.15) is 14.5 Å². The molecule has 1 fully saturated rings. The average molecular weight is 375 g/mol. The highest BCUT2D eigenvalue weighted by molar-refractivity contribution is 7.89. The molecule has 4 rings (SSSR count). The SMILES string of the molecule is Cn1cc(S(=O)(=O)N2CCN(c3cc(-n4cncn4)ncn3)CC2)cn1. The van der Waals surface area contributed by atoms with Gasteiger partial charge in [0.15, 0.2) is 5.82 Å². The highest BCUT2D eigenvalue weighted by Gasteiger charge is 2.30. The van der Waals surface area contributed by atoms with Gasteiger partial charge in [-0.3, -0.25) is 4.68 Å². The molecular formula is C14H17N9O2S. The summed E-state index contributed by atoms with van der Waals surface area (Å²) in [5, 5.41) is 8.00. The van der Waals surface area contributed by atoms with Gasteiger partial charge in [0.25, 0.3) is 0 Å². The molecule has 0 aromatic carbocycles. The molecule has 0 bridgehead atoms. The Kier molecular flexibility index (Phi) is 4.12. The van der Waals surface area contributed by atoms with Crippen LogP contribution in [0.5, 0.6) is 0 Å². The summed E-state index contributed by atoms with van der Waals surface area (Å²) in [6.07, 6.45) is 7.34. The van der Waals surface area contributed by atoms with Crippen molar-refractivity contribution in [3.8, 4) is 5.82 Å². The number of rotatable bonds is 4. The monoisotopic (exact) mass is 375 g/mol. The molecule has 26 heavy (non-hydrogen) atoms. The van der Waals surface area contributed by atoms with Gasteiger partial charge >= 0.3 is 0 Å². The molecule has 0 saturated carbocycles. The van der Waals surface area contributed by atoms with E-state index >= 15 is 0 Å². The summed E-state index contributed by atoms with van der Waals surface area (Å²) in [7, 11) is -1.83. The highest BCUT2D eigenvalue weighted by atomic mass is 32.2. The second-order valence-corrected chi connectivity index (χ2v) is 7.75. The Balaban J connectivity index is 1.48. The van der Waals surface area contributed by atoms with Crippen LogP contribution in [0.25, 0.3) is 5.82 Å². The topological polar surface area (TPSA) is 115 Å². The van der Waals surface area contributed by atoms with Crippen LogP contribution < -0.4 is 4.90 Å². The predicted molar refractivity (Wildman–Crippen MR) is 91.1 cm³/mol. The standard InChI is InChI=1S/C14H17N9O2S/c1-20-8-12(7-18-20)26(24,25)22-4-2-21(3-5-22)13-6-14(17-10-16-13)23-11-15-9-19-23/h6-11H,2-5H2,1H3. The number of anilines is 1. The maximum absolute atomic E-state index is 12.7. The Hall–Kier alpha value is -2.86. The van der Waals surface area contributed by atoms with E-state index in [-0.39, 0.29) is 4.90 Å². The Bertz CT molecular complexity index is 991. The zero-order chi connectivity index (χ0) is 18.1. The van der Waals surface area contributed by atoms with E-state index in [0.717, 1.165) is 5.82 Å². The fraction of sp³-hybridized carbons (Fsp3) is 0.357. The zero-order valence-electron chi connectivity index (χ0n) is 14.0. The minimum absolute atomic E-state index is 0.212. The quantitative estimate of drug-likeness (QED) is 0.588. The van der Waals surface area contributed by atoms with Crippen LogP contribution in [0.3, 0.4) is 0 Å². The van der Waals surface area contributed by atoms with E-state index in [2.05, 4.69) is 25.1 Å². The first-order valence-corrected chi connectivity index (χ1v) is 9.39. The van der Waals surface area contributed by atoms with Gasteiger partial charge in [0.2, 0.25) is 10.0 Å². The number of piperazine rings is 1. The summed E-state index contributed by atoms with van der Waals surface area (Å²) in [4.78, 5) is 14.6. The second kappa shape index (κ2) is 6.46. The number of hydrogen-bond acceptors (Lipinski definition) is 8. The minimum Gasteiger partial charge on any atom is -0.354 e. The maximum Gasteiger partial charge on any atom is 0.246 e. The number of aryl methyl sites for hydroxylation is 1. The summed E-state index contributed by atoms with van der Waals surface area (Å²) < 4.78 is 29.8. The van der Waals surface area contributed by atoms with Crippen LogP contribution in [0.1, 0.15) is 0 Å². The van der Waals surface area contributed by atoms with Gasteiger partial charge in [-0.25, -0.2) is 28.1 Å². The number of hydrogen-bond donors (Lipinski definition) is 0. The van der Waals surface area contributed by atoms with Crippen molar-refractivity contribution in [3.63, 3.8) is 0 Å². The Morgan fingerprint density at radius 2 is 1.77 bits per heavy atom. The van der Waals surface area contributed by atoms with Crippen molar-refractivity contribution in [2.24, 2.45) is 7.05 Å². The van der Waals surface area contributed by atoms with Crippen molar-refractivity contribution < 1.29 is 8.42 Å². The highest BCUT2D eigenvalue weighted by Crippen LogP contribution is 2.20. The third-order valence-corrected chi connectivity index (χ3v) is 6.02. The summed E-state index contributed by atoms with van der Waals surface area (Å²) in [5.74, 6) is 1.34. The molecule has 1 aliphatic rings. The summed E-state index contributed by atoms with van der Waals surface area (Å²) >= 11 is 0. The van der Waals surface area contributed by atoms with Crippen LogP contribution in [-0.4, -0.2) is 73.4 Å². The third-order valence-electron chi connectivity index (χ3n) is 4.17. The lowest BCUT2D eigenvalue weighted by molar-refractivity contribution is 0.383. The van der Waals surface area contributed by atoms with Crippen molar-refractivity contribution in [2.45, 2.75) is 4.90 Å². The Morgan fingerprint density at radius 1 is 1.00 bits per heavy atom. The normalized spacial score (nSPS) is 16.1. The number of aromatic nitrogens is 7. The second-order valence-electron chi connectivity index (χ2n) is 5.82.